The lowest BCUT2D eigenvalue weighted by atomic mass is 9.64. The van der Waals surface area contributed by atoms with Gasteiger partial charge in [0, 0.05) is 11.5 Å². The second-order valence-electron chi connectivity index (χ2n) is 5.10. The highest BCUT2D eigenvalue weighted by Crippen LogP contribution is 2.42. The van der Waals surface area contributed by atoms with E-state index in [1.807, 2.05) is 13.8 Å². The van der Waals surface area contributed by atoms with E-state index in [1.165, 1.54) is 0 Å². The molecular formula is C10H16N6O3. The van der Waals surface area contributed by atoms with Gasteiger partial charge in [-0.2, -0.15) is 4.98 Å². The Morgan fingerprint density at radius 3 is 2.79 bits per heavy atom. The summed E-state index contributed by atoms with van der Waals surface area (Å²) in [5.74, 6) is 5.37. The van der Waals surface area contributed by atoms with Gasteiger partial charge in [0.05, 0.1) is 11.0 Å². The highest BCUT2D eigenvalue weighted by atomic mass is 16.6. The maximum atomic E-state index is 10.9. The van der Waals surface area contributed by atoms with Crippen LogP contribution in [-0.4, -0.2) is 32.1 Å². The molecule has 9 nitrogen and oxygen atoms in total. The van der Waals surface area contributed by atoms with E-state index in [0.717, 1.165) is 6.20 Å². The largest absolute Gasteiger partial charge is 0.392 e. The zero-order valence-electron chi connectivity index (χ0n) is 10.6. The third-order valence-electron chi connectivity index (χ3n) is 3.62. The molecule has 1 saturated carbocycles. The number of hydrogen-bond donors (Lipinski definition) is 4. The number of nitrogens with one attached hydrogen (secondary N) is 2. The summed E-state index contributed by atoms with van der Waals surface area (Å²) in [5, 5.41) is 23.6. The molecule has 0 radical (unpaired) electrons. The van der Waals surface area contributed by atoms with Gasteiger partial charge < -0.3 is 10.4 Å². The normalized spacial score (nSPS) is 24.4. The first-order valence-corrected chi connectivity index (χ1v) is 5.79. The van der Waals surface area contributed by atoms with Crippen LogP contribution in [0.25, 0.3) is 0 Å². The van der Waals surface area contributed by atoms with E-state index < -0.39 is 11.0 Å². The SMILES string of the molecule is CC1(C)C(O)CC1Nc1nc(NN)ncc1[N+](=O)[O-]. The molecule has 2 atom stereocenters. The predicted octanol–water partition coefficient (Wildman–Crippen LogP) is 0.242. The smallest absolute Gasteiger partial charge is 0.329 e. The molecule has 2 unspecified atom stereocenters. The van der Waals surface area contributed by atoms with Gasteiger partial charge in [0.15, 0.2) is 0 Å². The van der Waals surface area contributed by atoms with Crippen LogP contribution in [0.15, 0.2) is 6.20 Å². The maximum absolute atomic E-state index is 10.9. The number of aliphatic hydroxyl groups is 1. The fourth-order valence-corrected chi connectivity index (χ4v) is 2.00. The van der Waals surface area contributed by atoms with E-state index >= 15 is 0 Å². The summed E-state index contributed by atoms with van der Waals surface area (Å²) < 4.78 is 0. The molecule has 1 heterocycles. The highest BCUT2D eigenvalue weighted by molar-refractivity contribution is 5.57. The number of nitro groups is 1. The number of nitrogen functional groups attached to an aromatic ring is 1. The summed E-state index contributed by atoms with van der Waals surface area (Å²) in [6, 6.07) is -0.0956. The molecule has 104 valence electrons. The van der Waals surface area contributed by atoms with E-state index in [9.17, 15) is 15.2 Å². The quantitative estimate of drug-likeness (QED) is 0.346. The van der Waals surface area contributed by atoms with Gasteiger partial charge in [0.25, 0.3) is 0 Å². The van der Waals surface area contributed by atoms with Crippen LogP contribution in [0, 0.1) is 15.5 Å². The molecule has 0 bridgehead atoms. The van der Waals surface area contributed by atoms with Gasteiger partial charge >= 0.3 is 5.69 Å². The number of nitrogens with two attached hydrogens (primary N) is 1. The van der Waals surface area contributed by atoms with Gasteiger partial charge in [0.2, 0.25) is 11.8 Å². The molecule has 1 aromatic heterocycles. The van der Waals surface area contributed by atoms with Crippen molar-refractivity contribution >= 4 is 17.5 Å². The molecular weight excluding hydrogens is 252 g/mol. The Morgan fingerprint density at radius 2 is 2.32 bits per heavy atom. The standard InChI is InChI=1S/C10H16N6O3/c1-10(2)6(3-7(10)17)13-8-5(16(18)19)4-12-9(14-8)15-11/h4,6-7,17H,3,11H2,1-2H3,(H2,12,13,14,15). The number of rotatable bonds is 4. The lowest BCUT2D eigenvalue weighted by Gasteiger charge is -2.49. The number of hydrazine groups is 1. The minimum Gasteiger partial charge on any atom is -0.392 e. The predicted molar refractivity (Wildman–Crippen MR) is 68.3 cm³/mol. The Hall–Kier alpha value is -2.00. The van der Waals surface area contributed by atoms with Gasteiger partial charge in [-0.25, -0.2) is 10.8 Å². The minimum absolute atomic E-state index is 0.0887. The molecule has 1 fully saturated rings. The lowest BCUT2D eigenvalue weighted by molar-refractivity contribution is -0.384. The Kier molecular flexibility index (Phi) is 3.25. The van der Waals surface area contributed by atoms with Crippen LogP contribution in [0.3, 0.4) is 0 Å². The van der Waals surface area contributed by atoms with Crippen molar-refractivity contribution in [3.05, 3.63) is 16.3 Å². The van der Waals surface area contributed by atoms with E-state index in [1.54, 1.807) is 0 Å². The second kappa shape index (κ2) is 4.59. The number of aromatic nitrogens is 2. The van der Waals surface area contributed by atoms with Crippen LogP contribution >= 0.6 is 0 Å². The van der Waals surface area contributed by atoms with Crippen molar-refractivity contribution in [3.63, 3.8) is 0 Å². The molecule has 0 spiro atoms. The van der Waals surface area contributed by atoms with E-state index in [0.29, 0.717) is 6.42 Å². The maximum Gasteiger partial charge on any atom is 0.329 e. The van der Waals surface area contributed by atoms with Crippen LogP contribution in [-0.2, 0) is 0 Å². The first-order chi connectivity index (χ1) is 8.86. The van der Waals surface area contributed by atoms with E-state index in [2.05, 4.69) is 20.7 Å². The van der Waals surface area contributed by atoms with Crippen molar-refractivity contribution in [2.45, 2.75) is 32.4 Å². The van der Waals surface area contributed by atoms with Crippen LogP contribution in [0.5, 0.6) is 0 Å². The van der Waals surface area contributed by atoms with Gasteiger partial charge in [-0.15, -0.1) is 0 Å². The number of hydrogen-bond acceptors (Lipinski definition) is 8. The molecule has 1 aliphatic rings. The van der Waals surface area contributed by atoms with Crippen LogP contribution in [0.4, 0.5) is 17.5 Å². The Balaban J connectivity index is 2.26. The highest BCUT2D eigenvalue weighted by Gasteiger charge is 2.48. The summed E-state index contributed by atoms with van der Waals surface area (Å²) in [5.41, 5.74) is 1.65. The zero-order chi connectivity index (χ0) is 14.2. The van der Waals surface area contributed by atoms with E-state index in [4.69, 9.17) is 5.84 Å². The molecule has 5 N–H and O–H groups in total. The molecule has 0 amide bonds. The van der Waals surface area contributed by atoms with Crippen molar-refractivity contribution in [3.8, 4) is 0 Å². The Bertz CT molecular complexity index is 506. The molecule has 1 aromatic rings. The van der Waals surface area contributed by atoms with Crippen LogP contribution < -0.4 is 16.6 Å². The summed E-state index contributed by atoms with van der Waals surface area (Å²) >= 11 is 0. The molecule has 0 aromatic carbocycles. The molecule has 0 aliphatic heterocycles. The third-order valence-corrected chi connectivity index (χ3v) is 3.62. The molecule has 1 aliphatic carbocycles. The van der Waals surface area contributed by atoms with Crippen molar-refractivity contribution in [1.29, 1.82) is 0 Å². The number of aliphatic hydroxyl groups excluding tert-OH is 1. The number of nitrogens with zero attached hydrogens (tertiary/aromatic N) is 3. The van der Waals surface area contributed by atoms with Gasteiger partial charge in [-0.1, -0.05) is 13.8 Å². The summed E-state index contributed by atoms with van der Waals surface area (Å²) in [6.07, 6.45) is 1.17. The molecule has 2 rings (SSSR count). The minimum atomic E-state index is -0.565. The molecule has 9 heteroatoms. The lowest BCUT2D eigenvalue weighted by Crippen LogP contribution is -2.57. The monoisotopic (exact) mass is 268 g/mol. The molecule has 19 heavy (non-hydrogen) atoms. The average molecular weight is 268 g/mol. The van der Waals surface area contributed by atoms with Gasteiger partial charge in [0.1, 0.15) is 6.20 Å². The Labute approximate surface area is 109 Å². The van der Waals surface area contributed by atoms with Crippen molar-refractivity contribution in [1.82, 2.24) is 9.97 Å². The summed E-state index contributed by atoms with van der Waals surface area (Å²) in [4.78, 5) is 18.0. The van der Waals surface area contributed by atoms with Crippen molar-refractivity contribution in [2.24, 2.45) is 11.3 Å². The molecule has 0 saturated heterocycles. The van der Waals surface area contributed by atoms with Crippen molar-refractivity contribution in [2.75, 3.05) is 10.7 Å². The zero-order valence-corrected chi connectivity index (χ0v) is 10.6. The summed E-state index contributed by atoms with van der Waals surface area (Å²) in [7, 11) is 0. The van der Waals surface area contributed by atoms with Crippen LogP contribution in [0.2, 0.25) is 0 Å². The first-order valence-electron chi connectivity index (χ1n) is 5.79. The number of anilines is 2. The average Bonchev–Trinajstić information content (AvgIpc) is 2.38. The van der Waals surface area contributed by atoms with Gasteiger partial charge in [-0.3, -0.25) is 15.5 Å². The van der Waals surface area contributed by atoms with Gasteiger partial charge in [-0.05, 0) is 6.42 Å². The Morgan fingerprint density at radius 1 is 1.63 bits per heavy atom. The fraction of sp³-hybridized carbons (Fsp3) is 0.600. The third kappa shape index (κ3) is 2.29. The summed E-state index contributed by atoms with van der Waals surface area (Å²) in [6.45, 7) is 3.77. The topological polar surface area (TPSA) is 139 Å². The van der Waals surface area contributed by atoms with E-state index in [-0.39, 0.29) is 28.9 Å². The first kappa shape index (κ1) is 13.4. The van der Waals surface area contributed by atoms with Crippen LogP contribution in [0.1, 0.15) is 20.3 Å². The second-order valence-corrected chi connectivity index (χ2v) is 5.10. The van der Waals surface area contributed by atoms with Crippen molar-refractivity contribution < 1.29 is 10.0 Å². The fourth-order valence-electron chi connectivity index (χ4n) is 2.00.